The van der Waals surface area contributed by atoms with Gasteiger partial charge in [-0.2, -0.15) is 5.26 Å². The van der Waals surface area contributed by atoms with Gasteiger partial charge in [-0.15, -0.1) is 0 Å². The third-order valence-corrected chi connectivity index (χ3v) is 2.16. The van der Waals surface area contributed by atoms with Crippen LogP contribution in [0.3, 0.4) is 0 Å². The normalized spacial score (nSPS) is 10.1. The molecule has 2 N–H and O–H groups in total. The molecule has 1 aromatic rings. The molecule has 0 spiro atoms. The number of hydrogen-bond donors (Lipinski definition) is 1. The first-order valence-electron chi connectivity index (χ1n) is 5.48. The van der Waals surface area contributed by atoms with Crippen molar-refractivity contribution in [3.8, 4) is 6.07 Å². The minimum absolute atomic E-state index is 0.503. The van der Waals surface area contributed by atoms with Crippen LogP contribution in [0.25, 0.3) is 0 Å². The second-order valence-electron chi connectivity index (χ2n) is 4.17. The van der Waals surface area contributed by atoms with Crippen molar-refractivity contribution in [1.82, 2.24) is 4.98 Å². The molecule has 1 heterocycles. The third-order valence-electron chi connectivity index (χ3n) is 2.16. The lowest BCUT2D eigenvalue weighted by Crippen LogP contribution is -2.29. The van der Waals surface area contributed by atoms with Crippen molar-refractivity contribution in [2.24, 2.45) is 5.92 Å². The monoisotopic (exact) mass is 218 g/mol. The molecule has 86 valence electrons. The van der Waals surface area contributed by atoms with Crippen molar-refractivity contribution in [3.63, 3.8) is 0 Å². The van der Waals surface area contributed by atoms with Crippen LogP contribution in [0, 0.1) is 17.2 Å². The first kappa shape index (κ1) is 12.3. The van der Waals surface area contributed by atoms with E-state index in [2.05, 4.69) is 29.8 Å². The summed E-state index contributed by atoms with van der Waals surface area (Å²) in [7, 11) is 0. The highest BCUT2D eigenvalue weighted by molar-refractivity contribution is 5.44. The van der Waals surface area contributed by atoms with Gasteiger partial charge in [0.05, 0.1) is 12.5 Å². The summed E-state index contributed by atoms with van der Waals surface area (Å²) in [5, 5.41) is 8.63. The van der Waals surface area contributed by atoms with Crippen molar-refractivity contribution in [3.05, 3.63) is 18.2 Å². The number of nitriles is 1. The largest absolute Gasteiger partial charge is 0.384 e. The Labute approximate surface area is 96.7 Å². The molecule has 1 rings (SSSR count). The molecule has 0 aromatic carbocycles. The van der Waals surface area contributed by atoms with E-state index in [-0.39, 0.29) is 0 Å². The van der Waals surface area contributed by atoms with Gasteiger partial charge in [0.2, 0.25) is 0 Å². The summed E-state index contributed by atoms with van der Waals surface area (Å²) in [5.74, 6) is 1.90. The molecule has 4 nitrogen and oxygen atoms in total. The van der Waals surface area contributed by atoms with Crippen molar-refractivity contribution < 1.29 is 0 Å². The number of hydrogen-bond acceptors (Lipinski definition) is 4. The highest BCUT2D eigenvalue weighted by atomic mass is 15.2. The molecule has 16 heavy (non-hydrogen) atoms. The number of nitrogens with zero attached hydrogens (tertiary/aromatic N) is 3. The molecule has 0 atom stereocenters. The van der Waals surface area contributed by atoms with E-state index < -0.39 is 0 Å². The molecule has 0 aliphatic carbocycles. The molecule has 0 radical (unpaired) electrons. The van der Waals surface area contributed by atoms with E-state index >= 15 is 0 Å². The van der Waals surface area contributed by atoms with E-state index in [1.54, 1.807) is 6.07 Å². The number of pyridine rings is 1. The highest BCUT2D eigenvalue weighted by Crippen LogP contribution is 2.14. The standard InChI is InChI=1S/C12H18N4/c1-10(2)9-16(8-4-7-13)12-6-3-5-11(14)15-12/h3,5-6,10H,4,8-9H2,1-2H3,(H2,14,15). The molecule has 0 aliphatic heterocycles. The van der Waals surface area contributed by atoms with Crippen molar-refractivity contribution in [1.29, 1.82) is 5.26 Å². The lowest BCUT2D eigenvalue weighted by Gasteiger charge is -2.24. The number of anilines is 2. The smallest absolute Gasteiger partial charge is 0.130 e. The average Bonchev–Trinajstić information content (AvgIpc) is 2.23. The van der Waals surface area contributed by atoms with E-state index in [1.807, 2.05) is 12.1 Å². The van der Waals surface area contributed by atoms with E-state index in [4.69, 9.17) is 11.0 Å². The van der Waals surface area contributed by atoms with Crippen LogP contribution in [-0.2, 0) is 0 Å². The van der Waals surface area contributed by atoms with Gasteiger partial charge in [-0.3, -0.25) is 0 Å². The fraction of sp³-hybridized carbons (Fsp3) is 0.500. The summed E-state index contributed by atoms with van der Waals surface area (Å²) >= 11 is 0. The molecular formula is C12H18N4. The summed E-state index contributed by atoms with van der Waals surface area (Å²) in [4.78, 5) is 6.38. The Hall–Kier alpha value is -1.76. The van der Waals surface area contributed by atoms with E-state index in [1.165, 1.54) is 0 Å². The van der Waals surface area contributed by atoms with Gasteiger partial charge in [0.25, 0.3) is 0 Å². The Morgan fingerprint density at radius 1 is 1.50 bits per heavy atom. The molecular weight excluding hydrogens is 200 g/mol. The molecule has 0 fully saturated rings. The Bertz CT molecular complexity index is 368. The zero-order chi connectivity index (χ0) is 12.0. The minimum Gasteiger partial charge on any atom is -0.384 e. The van der Waals surface area contributed by atoms with Crippen LogP contribution in [0.1, 0.15) is 20.3 Å². The highest BCUT2D eigenvalue weighted by Gasteiger charge is 2.09. The molecule has 0 bridgehead atoms. The number of rotatable bonds is 5. The maximum absolute atomic E-state index is 8.63. The molecule has 0 amide bonds. The van der Waals surface area contributed by atoms with Crippen LogP contribution in [0.2, 0.25) is 0 Å². The Balaban J connectivity index is 2.79. The summed E-state index contributed by atoms with van der Waals surface area (Å²) in [6.07, 6.45) is 0.503. The van der Waals surface area contributed by atoms with E-state index in [9.17, 15) is 0 Å². The van der Waals surface area contributed by atoms with Gasteiger partial charge in [-0.05, 0) is 18.1 Å². The Morgan fingerprint density at radius 2 is 2.25 bits per heavy atom. The summed E-state index contributed by atoms with van der Waals surface area (Å²) in [6.45, 7) is 5.88. The van der Waals surface area contributed by atoms with Crippen LogP contribution in [0.15, 0.2) is 18.2 Å². The van der Waals surface area contributed by atoms with Crippen molar-refractivity contribution >= 4 is 11.6 Å². The molecule has 4 heteroatoms. The van der Waals surface area contributed by atoms with Crippen molar-refractivity contribution in [2.75, 3.05) is 23.7 Å². The lowest BCUT2D eigenvalue weighted by atomic mass is 10.2. The zero-order valence-electron chi connectivity index (χ0n) is 9.85. The molecule has 1 aromatic heterocycles. The first-order chi connectivity index (χ1) is 7.63. The fourth-order valence-corrected chi connectivity index (χ4v) is 1.54. The van der Waals surface area contributed by atoms with Gasteiger partial charge < -0.3 is 10.6 Å². The topological polar surface area (TPSA) is 65.9 Å². The summed E-state index contributed by atoms with van der Waals surface area (Å²) in [6, 6.07) is 7.73. The summed E-state index contributed by atoms with van der Waals surface area (Å²) < 4.78 is 0. The third kappa shape index (κ3) is 3.77. The molecule has 0 saturated carbocycles. The van der Waals surface area contributed by atoms with Crippen molar-refractivity contribution in [2.45, 2.75) is 20.3 Å². The lowest BCUT2D eigenvalue weighted by molar-refractivity contribution is 0.608. The van der Waals surface area contributed by atoms with Crippen LogP contribution >= 0.6 is 0 Å². The zero-order valence-corrected chi connectivity index (χ0v) is 9.85. The van der Waals surface area contributed by atoms with Crippen LogP contribution in [0.4, 0.5) is 11.6 Å². The number of nitrogen functional groups attached to an aromatic ring is 1. The second-order valence-corrected chi connectivity index (χ2v) is 4.17. The van der Waals surface area contributed by atoms with Gasteiger partial charge in [-0.1, -0.05) is 19.9 Å². The maximum atomic E-state index is 8.63. The van der Waals surface area contributed by atoms with Crippen LogP contribution in [-0.4, -0.2) is 18.1 Å². The van der Waals surface area contributed by atoms with Gasteiger partial charge in [0, 0.05) is 13.1 Å². The van der Waals surface area contributed by atoms with Crippen LogP contribution in [0.5, 0.6) is 0 Å². The Kier molecular flexibility index (Phi) is 4.59. The van der Waals surface area contributed by atoms with Gasteiger partial charge in [0.15, 0.2) is 0 Å². The number of aromatic nitrogens is 1. The predicted octanol–water partition coefficient (Wildman–Crippen LogP) is 2.04. The van der Waals surface area contributed by atoms with E-state index in [0.29, 0.717) is 24.7 Å². The molecule has 0 saturated heterocycles. The van der Waals surface area contributed by atoms with Gasteiger partial charge in [-0.25, -0.2) is 4.98 Å². The Morgan fingerprint density at radius 3 is 2.81 bits per heavy atom. The molecule has 0 unspecified atom stereocenters. The maximum Gasteiger partial charge on any atom is 0.130 e. The van der Waals surface area contributed by atoms with Gasteiger partial charge in [0.1, 0.15) is 11.6 Å². The van der Waals surface area contributed by atoms with Crippen LogP contribution < -0.4 is 10.6 Å². The SMILES string of the molecule is CC(C)CN(CCC#N)c1cccc(N)n1. The average molecular weight is 218 g/mol. The molecule has 0 aliphatic rings. The minimum atomic E-state index is 0.503. The van der Waals surface area contributed by atoms with Gasteiger partial charge >= 0.3 is 0 Å². The number of nitrogens with two attached hydrogens (primary N) is 1. The first-order valence-corrected chi connectivity index (χ1v) is 5.48. The predicted molar refractivity (Wildman–Crippen MR) is 65.9 cm³/mol. The van der Waals surface area contributed by atoms with E-state index in [0.717, 1.165) is 12.4 Å². The summed E-state index contributed by atoms with van der Waals surface area (Å²) in [5.41, 5.74) is 5.65. The fourth-order valence-electron chi connectivity index (χ4n) is 1.54. The second kappa shape index (κ2) is 5.96. The quantitative estimate of drug-likeness (QED) is 0.821.